The number of rotatable bonds is 7. The van der Waals surface area contributed by atoms with Gasteiger partial charge >= 0.3 is 0 Å². The predicted molar refractivity (Wildman–Crippen MR) is 117 cm³/mol. The van der Waals surface area contributed by atoms with Crippen LogP contribution in [0.4, 0.5) is 11.4 Å². The predicted octanol–water partition coefficient (Wildman–Crippen LogP) is 3.24. The van der Waals surface area contributed by atoms with Crippen molar-refractivity contribution in [1.29, 1.82) is 0 Å². The van der Waals surface area contributed by atoms with Crippen molar-refractivity contribution in [2.75, 3.05) is 11.9 Å². The Morgan fingerprint density at radius 1 is 1.32 bits per heavy atom. The van der Waals surface area contributed by atoms with Gasteiger partial charge in [0.25, 0.3) is 11.6 Å². The molecule has 0 aliphatic rings. The van der Waals surface area contributed by atoms with Gasteiger partial charge in [0.15, 0.2) is 0 Å². The number of nitrogens with zero attached hydrogens (tertiary/aromatic N) is 2. The molecule has 10 nitrogen and oxygen atoms in total. The zero-order valence-electron chi connectivity index (χ0n) is 17.3. The minimum atomic E-state index is -0.514. The van der Waals surface area contributed by atoms with E-state index in [2.05, 4.69) is 35.9 Å². The third-order valence-electron chi connectivity index (χ3n) is 3.02. The van der Waals surface area contributed by atoms with E-state index in [1.807, 2.05) is 0 Å². The number of benzene rings is 1. The fourth-order valence-electron chi connectivity index (χ4n) is 1.74. The molecule has 13 heteroatoms. The standard InChI is InChI=1S/C12H19N3O3S2.C6H5NO3.Y/c1-12(2,3)20-19-10-5-14-8(6-16)4-9(10)15-11(17)7-18-13;8-6-3-1-5(2-4-6)7(9)10;/h4-5,16H,6-7,13H2,1-3H3,(H,14,15,17);1-4,8H;. The van der Waals surface area contributed by atoms with Gasteiger partial charge in [0.2, 0.25) is 0 Å². The molecule has 1 radical (unpaired) electrons. The van der Waals surface area contributed by atoms with Crippen molar-refractivity contribution in [3.63, 3.8) is 0 Å². The van der Waals surface area contributed by atoms with Crippen molar-refractivity contribution >= 4 is 38.9 Å². The summed E-state index contributed by atoms with van der Waals surface area (Å²) in [6.07, 6.45) is 1.63. The number of nitrogens with one attached hydrogen (secondary N) is 1. The van der Waals surface area contributed by atoms with Crippen LogP contribution in [0.15, 0.2) is 41.4 Å². The Bertz CT molecular complexity index is 850. The Labute approximate surface area is 213 Å². The molecule has 0 unspecified atom stereocenters. The number of carbonyl (C=O) groups excluding carboxylic acids is 1. The molecule has 0 fully saturated rings. The number of pyridine rings is 1. The van der Waals surface area contributed by atoms with Crippen LogP contribution in [0.1, 0.15) is 26.5 Å². The van der Waals surface area contributed by atoms with Crippen molar-refractivity contribution in [1.82, 2.24) is 4.98 Å². The van der Waals surface area contributed by atoms with Crippen LogP contribution in [0.2, 0.25) is 0 Å². The molecule has 2 aromatic rings. The maximum absolute atomic E-state index is 11.6. The zero-order chi connectivity index (χ0) is 22.7. The molecule has 1 aromatic carbocycles. The van der Waals surface area contributed by atoms with Crippen LogP contribution in [-0.2, 0) is 48.9 Å². The summed E-state index contributed by atoms with van der Waals surface area (Å²) in [4.78, 5) is 30.3. The molecule has 0 saturated heterocycles. The van der Waals surface area contributed by atoms with E-state index in [4.69, 9.17) is 16.1 Å². The molecule has 167 valence electrons. The third kappa shape index (κ3) is 12.4. The zero-order valence-corrected chi connectivity index (χ0v) is 21.7. The number of aliphatic hydroxyl groups is 1. The molecule has 0 bridgehead atoms. The molecule has 1 heterocycles. The number of aromatic nitrogens is 1. The van der Waals surface area contributed by atoms with E-state index in [1.54, 1.807) is 23.1 Å². The summed E-state index contributed by atoms with van der Waals surface area (Å²) in [6.45, 7) is 5.88. The number of carbonyl (C=O) groups is 1. The molecule has 5 N–H and O–H groups in total. The van der Waals surface area contributed by atoms with E-state index in [9.17, 15) is 14.9 Å². The van der Waals surface area contributed by atoms with Gasteiger partial charge in [-0.15, -0.1) is 0 Å². The van der Waals surface area contributed by atoms with Crippen LogP contribution < -0.4 is 11.2 Å². The van der Waals surface area contributed by atoms with Crippen molar-refractivity contribution in [3.8, 4) is 5.75 Å². The topological polar surface area (TPSA) is 161 Å². The van der Waals surface area contributed by atoms with Crippen LogP contribution in [0.3, 0.4) is 0 Å². The van der Waals surface area contributed by atoms with Crippen LogP contribution in [0.25, 0.3) is 0 Å². The maximum Gasteiger partial charge on any atom is 0.269 e. The largest absolute Gasteiger partial charge is 0.508 e. The van der Waals surface area contributed by atoms with E-state index < -0.39 is 4.92 Å². The van der Waals surface area contributed by atoms with E-state index >= 15 is 0 Å². The molecule has 0 saturated carbocycles. The van der Waals surface area contributed by atoms with E-state index in [-0.39, 0.29) is 68.0 Å². The second kappa shape index (κ2) is 14.7. The number of non-ortho nitro benzene ring substituents is 1. The van der Waals surface area contributed by atoms with Crippen molar-refractivity contribution in [2.45, 2.75) is 37.0 Å². The molecule has 2 rings (SSSR count). The van der Waals surface area contributed by atoms with Gasteiger partial charge in [-0.25, -0.2) is 5.90 Å². The van der Waals surface area contributed by atoms with Gasteiger partial charge in [0.1, 0.15) is 12.4 Å². The number of nitro groups is 1. The van der Waals surface area contributed by atoms with Crippen LogP contribution >= 0.6 is 21.6 Å². The number of aromatic hydroxyl groups is 1. The number of nitrogens with two attached hydrogens (primary N) is 1. The number of phenols is 1. The first-order valence-electron chi connectivity index (χ1n) is 8.56. The molecule has 0 aliphatic carbocycles. The smallest absolute Gasteiger partial charge is 0.269 e. The monoisotopic (exact) mass is 545 g/mol. The van der Waals surface area contributed by atoms with Crippen LogP contribution in [0, 0.1) is 10.1 Å². The average Bonchev–Trinajstić information content (AvgIpc) is 2.67. The third-order valence-corrected chi connectivity index (χ3v) is 6.39. The number of amides is 1. The van der Waals surface area contributed by atoms with Gasteiger partial charge in [0.05, 0.1) is 27.8 Å². The Hall–Kier alpha value is -1.28. The van der Waals surface area contributed by atoms with Gasteiger partial charge in [0, 0.05) is 55.8 Å². The first kappa shape index (κ1) is 29.7. The molecule has 31 heavy (non-hydrogen) atoms. The number of aliphatic hydroxyl groups excluding tert-OH is 1. The number of phenolic OH excluding ortho intramolecular Hbond substituents is 1. The minimum absolute atomic E-state index is 0. The number of nitro benzene ring substituents is 1. The Balaban J connectivity index is 0.000000688. The maximum atomic E-state index is 11.6. The molecule has 0 spiro atoms. The molecule has 0 atom stereocenters. The molecular formula is C18H24N4O6S2Y. The average molecular weight is 545 g/mol. The van der Waals surface area contributed by atoms with Crippen molar-refractivity contribution < 1.29 is 57.5 Å². The van der Waals surface area contributed by atoms with E-state index in [0.29, 0.717) is 11.4 Å². The summed E-state index contributed by atoms with van der Waals surface area (Å²) in [5, 5.41) is 30.6. The summed E-state index contributed by atoms with van der Waals surface area (Å²) < 4.78 is 0.0714. The molecular weight excluding hydrogens is 521 g/mol. The summed E-state index contributed by atoms with van der Waals surface area (Å²) in [5.74, 6) is 4.55. The number of anilines is 1. The minimum Gasteiger partial charge on any atom is -0.508 e. The Morgan fingerprint density at radius 2 is 1.94 bits per heavy atom. The summed E-state index contributed by atoms with van der Waals surface area (Å²) in [7, 11) is 3.18. The van der Waals surface area contributed by atoms with Gasteiger partial charge in [-0.1, -0.05) is 42.4 Å². The SMILES string of the molecule is CC(C)(C)SSc1cnc(CO)cc1NC(=O)CON.O=[N+]([O-])c1ccc(O)cc1.[Y]. The van der Waals surface area contributed by atoms with Gasteiger partial charge in [-0.05, 0) is 18.2 Å². The number of hydrogen-bond donors (Lipinski definition) is 4. The summed E-state index contributed by atoms with van der Waals surface area (Å²) >= 11 is 0. The number of hydrogen-bond acceptors (Lipinski definition) is 10. The Kier molecular flexibility index (Phi) is 14.1. The normalized spacial score (nSPS) is 10.4. The van der Waals surface area contributed by atoms with Crippen molar-refractivity contribution in [3.05, 3.63) is 52.3 Å². The second-order valence-corrected chi connectivity index (χ2v) is 9.74. The molecule has 0 aliphatic heterocycles. The van der Waals surface area contributed by atoms with Crippen LogP contribution in [0.5, 0.6) is 5.75 Å². The van der Waals surface area contributed by atoms with Crippen molar-refractivity contribution in [2.24, 2.45) is 5.90 Å². The van der Waals surface area contributed by atoms with Gasteiger partial charge < -0.3 is 15.5 Å². The molecule has 1 amide bonds. The van der Waals surface area contributed by atoms with E-state index in [1.165, 1.54) is 35.1 Å². The Morgan fingerprint density at radius 3 is 2.42 bits per heavy atom. The first-order chi connectivity index (χ1) is 14.1. The van der Waals surface area contributed by atoms with Crippen LogP contribution in [-0.4, -0.2) is 37.4 Å². The quantitative estimate of drug-likeness (QED) is 0.231. The summed E-state index contributed by atoms with van der Waals surface area (Å²) in [5.41, 5.74) is 1.06. The second-order valence-electron chi connectivity index (χ2n) is 6.74. The fraction of sp³-hybridized carbons (Fsp3) is 0.333. The first-order valence-corrected chi connectivity index (χ1v) is 10.7. The van der Waals surface area contributed by atoms with Gasteiger partial charge in [-0.3, -0.25) is 24.7 Å². The van der Waals surface area contributed by atoms with E-state index in [0.717, 1.165) is 4.90 Å². The fourth-order valence-corrected chi connectivity index (χ4v) is 3.80. The molecule has 1 aromatic heterocycles. The van der Waals surface area contributed by atoms with Gasteiger partial charge in [-0.2, -0.15) is 0 Å². The summed E-state index contributed by atoms with van der Waals surface area (Å²) in [6, 6.07) is 6.68.